The van der Waals surface area contributed by atoms with E-state index in [0.29, 0.717) is 32.4 Å². The van der Waals surface area contributed by atoms with E-state index in [1.54, 1.807) is 0 Å². The van der Waals surface area contributed by atoms with Crippen LogP contribution < -0.4 is 10.2 Å². The minimum absolute atomic E-state index is 0.0436. The van der Waals surface area contributed by atoms with Crippen molar-refractivity contribution in [2.75, 3.05) is 24.5 Å². The largest absolute Gasteiger partial charge is 0.480 e. The minimum Gasteiger partial charge on any atom is -0.480 e. The van der Waals surface area contributed by atoms with Gasteiger partial charge in [-0.25, -0.2) is 8.42 Å². The van der Waals surface area contributed by atoms with Crippen molar-refractivity contribution < 1.29 is 27.9 Å². The van der Waals surface area contributed by atoms with Gasteiger partial charge >= 0.3 is 5.97 Å². The van der Waals surface area contributed by atoms with Crippen LogP contribution in [0.2, 0.25) is 0 Å². The van der Waals surface area contributed by atoms with Crippen molar-refractivity contribution >= 4 is 33.5 Å². The average Bonchev–Trinajstić information content (AvgIpc) is 3.13. The second-order valence-electron chi connectivity index (χ2n) is 7.81. The number of carboxylic acid groups (broad SMARTS) is 1. The highest BCUT2D eigenvalue weighted by molar-refractivity contribution is 7.89. The molecule has 2 aromatic carbocycles. The van der Waals surface area contributed by atoms with Gasteiger partial charge in [0.2, 0.25) is 15.9 Å². The van der Waals surface area contributed by atoms with Crippen LogP contribution in [0.15, 0.2) is 53.4 Å². The molecule has 10 heteroatoms. The molecule has 9 nitrogen and oxygen atoms in total. The summed E-state index contributed by atoms with van der Waals surface area (Å²) in [7, 11) is -3.75. The molecule has 0 atom stereocenters. The second-order valence-corrected chi connectivity index (χ2v) is 9.74. The summed E-state index contributed by atoms with van der Waals surface area (Å²) in [5.41, 5.74) is 2.09. The molecule has 2 N–H and O–H groups in total. The van der Waals surface area contributed by atoms with Gasteiger partial charge in [-0.05, 0) is 48.7 Å². The van der Waals surface area contributed by atoms with E-state index < -0.39 is 28.4 Å². The summed E-state index contributed by atoms with van der Waals surface area (Å²) in [6.45, 7) is 0.0669. The maximum Gasteiger partial charge on any atom is 0.322 e. The van der Waals surface area contributed by atoms with Crippen molar-refractivity contribution in [1.82, 2.24) is 9.62 Å². The molecule has 0 spiro atoms. The first kappa shape index (κ1) is 22.0. The fraction of sp³-hybridized carbons (Fsp3) is 0.318. The molecule has 168 valence electrons. The first-order chi connectivity index (χ1) is 15.3. The van der Waals surface area contributed by atoms with Crippen molar-refractivity contribution in [2.24, 2.45) is 0 Å². The van der Waals surface area contributed by atoms with Crippen molar-refractivity contribution in [1.29, 1.82) is 0 Å². The predicted octanol–water partition coefficient (Wildman–Crippen LogP) is 1.24. The maximum absolute atomic E-state index is 13.0. The van der Waals surface area contributed by atoms with E-state index in [9.17, 15) is 22.8 Å². The topological polar surface area (TPSA) is 124 Å². The fourth-order valence-electron chi connectivity index (χ4n) is 4.20. The van der Waals surface area contributed by atoms with Gasteiger partial charge in [0.15, 0.2) is 0 Å². The van der Waals surface area contributed by atoms with Gasteiger partial charge in [0.05, 0.1) is 11.3 Å². The molecule has 2 heterocycles. The number of nitrogens with zero attached hydrogens (tertiary/aromatic N) is 2. The van der Waals surface area contributed by atoms with Crippen molar-refractivity contribution in [2.45, 2.75) is 30.2 Å². The van der Waals surface area contributed by atoms with Crippen LogP contribution in [0.5, 0.6) is 0 Å². The molecule has 2 aliphatic rings. The maximum atomic E-state index is 13.0. The Bertz CT molecular complexity index is 1150. The van der Waals surface area contributed by atoms with Crippen LogP contribution in [0.3, 0.4) is 0 Å². The third-order valence-electron chi connectivity index (χ3n) is 5.80. The lowest BCUT2D eigenvalue weighted by Gasteiger charge is -2.36. The highest BCUT2D eigenvalue weighted by Gasteiger charge is 2.37. The van der Waals surface area contributed by atoms with Crippen molar-refractivity contribution in [3.63, 3.8) is 0 Å². The number of para-hydroxylation sites is 1. The Kier molecular flexibility index (Phi) is 5.98. The lowest BCUT2D eigenvalue weighted by molar-refractivity contribution is -0.135. The smallest absolute Gasteiger partial charge is 0.322 e. The average molecular weight is 458 g/mol. The van der Waals surface area contributed by atoms with Crippen molar-refractivity contribution in [3.05, 3.63) is 59.7 Å². The number of aliphatic carboxylic acids is 1. The quantitative estimate of drug-likeness (QED) is 0.673. The zero-order valence-electron chi connectivity index (χ0n) is 17.2. The molecule has 0 saturated carbocycles. The molecule has 2 aromatic rings. The molecule has 0 aliphatic carbocycles. The van der Waals surface area contributed by atoms with Gasteiger partial charge in [-0.2, -0.15) is 4.31 Å². The van der Waals surface area contributed by atoms with Gasteiger partial charge in [-0.15, -0.1) is 0 Å². The van der Waals surface area contributed by atoms with Gasteiger partial charge in [0, 0.05) is 30.4 Å². The molecule has 32 heavy (non-hydrogen) atoms. The van der Waals surface area contributed by atoms with Gasteiger partial charge in [0.1, 0.15) is 6.54 Å². The minimum atomic E-state index is -3.75. The van der Waals surface area contributed by atoms with E-state index in [0.717, 1.165) is 11.3 Å². The molecular weight excluding hydrogens is 434 g/mol. The number of carbonyl (C=O) groups is 3. The number of anilines is 1. The lowest BCUT2D eigenvalue weighted by atomic mass is 10.0. The number of hydrogen-bond acceptors (Lipinski definition) is 5. The molecule has 0 radical (unpaired) electrons. The number of fused-ring (bicyclic) bond motifs is 1. The molecular formula is C22H23N3O6S. The van der Waals surface area contributed by atoms with Crippen LogP contribution in [0.1, 0.15) is 28.8 Å². The van der Waals surface area contributed by atoms with Gasteiger partial charge in [-0.1, -0.05) is 18.2 Å². The Labute approximate surface area is 185 Å². The van der Waals surface area contributed by atoms with E-state index >= 15 is 0 Å². The van der Waals surface area contributed by atoms with E-state index in [4.69, 9.17) is 5.11 Å². The molecule has 0 bridgehead atoms. The molecule has 4 rings (SSSR count). The van der Waals surface area contributed by atoms with Crippen LogP contribution in [0.4, 0.5) is 5.69 Å². The van der Waals surface area contributed by atoms with Crippen LogP contribution in [-0.4, -0.2) is 61.3 Å². The predicted molar refractivity (Wildman–Crippen MR) is 116 cm³/mol. The van der Waals surface area contributed by atoms with Crippen LogP contribution in [-0.2, 0) is 26.0 Å². The summed E-state index contributed by atoms with van der Waals surface area (Å²) in [4.78, 5) is 36.9. The highest BCUT2D eigenvalue weighted by Crippen LogP contribution is 2.34. The molecule has 2 aliphatic heterocycles. The van der Waals surface area contributed by atoms with Crippen LogP contribution in [0.25, 0.3) is 0 Å². The Hall–Kier alpha value is -3.24. The Morgan fingerprint density at radius 3 is 2.34 bits per heavy atom. The third kappa shape index (κ3) is 4.23. The first-order valence-electron chi connectivity index (χ1n) is 10.3. The summed E-state index contributed by atoms with van der Waals surface area (Å²) < 4.78 is 27.5. The number of nitrogens with one attached hydrogen (secondary N) is 1. The standard InChI is InChI=1S/C22H23N3O6S/c26-20-13-16-3-1-2-4-19(16)25(20)17-9-11-24(12-10-17)32(30,31)18-7-5-15(6-8-18)22(29)23-14-21(27)28/h1-8,17H,9-14H2,(H,23,29)(H,27,28). The van der Waals surface area contributed by atoms with Crippen LogP contribution in [0, 0.1) is 0 Å². The summed E-state index contributed by atoms with van der Waals surface area (Å²) in [5.74, 6) is -1.71. The first-order valence-corrected chi connectivity index (χ1v) is 11.7. The normalized spacial score (nSPS) is 17.2. The van der Waals surface area contributed by atoms with Crippen LogP contribution >= 0.6 is 0 Å². The molecule has 0 aromatic heterocycles. The van der Waals surface area contributed by atoms with Gasteiger partial charge in [-0.3, -0.25) is 14.4 Å². The van der Waals surface area contributed by atoms with Gasteiger partial charge < -0.3 is 15.3 Å². The zero-order valence-corrected chi connectivity index (χ0v) is 18.0. The second kappa shape index (κ2) is 8.71. The van der Waals surface area contributed by atoms with Crippen molar-refractivity contribution in [3.8, 4) is 0 Å². The van der Waals surface area contributed by atoms with E-state index in [1.165, 1.54) is 28.6 Å². The number of hydrogen-bond donors (Lipinski definition) is 2. The van der Waals surface area contributed by atoms with Gasteiger partial charge in [0.25, 0.3) is 5.91 Å². The van der Waals surface area contributed by atoms with E-state index in [2.05, 4.69) is 5.32 Å². The molecule has 1 saturated heterocycles. The summed E-state index contributed by atoms with van der Waals surface area (Å²) in [5, 5.41) is 10.9. The molecule has 2 amide bonds. The number of rotatable bonds is 6. The monoisotopic (exact) mass is 457 g/mol. The number of sulfonamides is 1. The number of carbonyl (C=O) groups excluding carboxylic acids is 2. The highest BCUT2D eigenvalue weighted by atomic mass is 32.2. The lowest BCUT2D eigenvalue weighted by Crippen LogP contribution is -2.47. The zero-order chi connectivity index (χ0) is 22.9. The Balaban J connectivity index is 1.41. The molecule has 0 unspecified atom stereocenters. The number of amides is 2. The number of benzene rings is 2. The SMILES string of the molecule is O=C(O)CNC(=O)c1ccc(S(=O)(=O)N2CCC(N3C(=O)Cc4ccccc43)CC2)cc1. The fourth-order valence-corrected chi connectivity index (χ4v) is 5.67. The third-order valence-corrected chi connectivity index (χ3v) is 7.72. The Morgan fingerprint density at radius 1 is 1.03 bits per heavy atom. The summed E-state index contributed by atoms with van der Waals surface area (Å²) in [6, 6.07) is 13.0. The Morgan fingerprint density at radius 2 is 1.69 bits per heavy atom. The molecule has 1 fully saturated rings. The summed E-state index contributed by atoms with van der Waals surface area (Å²) >= 11 is 0. The van der Waals surface area contributed by atoms with E-state index in [-0.39, 0.29) is 22.4 Å². The van der Waals surface area contributed by atoms with E-state index in [1.807, 2.05) is 29.2 Å². The summed E-state index contributed by atoms with van der Waals surface area (Å²) in [6.07, 6.45) is 1.45. The number of carboxylic acids is 1. The number of piperidine rings is 1.